The van der Waals surface area contributed by atoms with Gasteiger partial charge in [0.1, 0.15) is 0 Å². The Morgan fingerprint density at radius 1 is 0.917 bits per heavy atom. The highest BCUT2D eigenvalue weighted by atomic mass is 15.5. The number of hydrogen-bond donors (Lipinski definition) is 0. The third-order valence-corrected chi connectivity index (χ3v) is 5.40. The Morgan fingerprint density at radius 3 is 2.42 bits per heavy atom. The van der Waals surface area contributed by atoms with Crippen molar-refractivity contribution in [3.8, 4) is 5.69 Å². The Morgan fingerprint density at radius 2 is 1.67 bits per heavy atom. The Bertz CT molecular complexity index is 626. The highest BCUT2D eigenvalue weighted by Gasteiger charge is 2.25. The average molecular weight is 326 g/mol. The first-order valence-electron chi connectivity index (χ1n) is 9.19. The van der Waals surface area contributed by atoms with E-state index in [4.69, 9.17) is 0 Å². The molecule has 1 aromatic heterocycles. The zero-order valence-electron chi connectivity index (χ0n) is 14.2. The Kier molecular flexibility index (Phi) is 4.85. The van der Waals surface area contributed by atoms with Gasteiger partial charge in [0.25, 0.3) is 0 Å². The summed E-state index contributed by atoms with van der Waals surface area (Å²) < 4.78 is 1.85. The standard InChI is InChI=1S/C18H26N6/c1-3-7-16(8-4-1)23-13-11-22(12-14-23)15-18-19-20-21-24(18)17-9-5-2-6-10-17/h2,5-6,9-10,16H,1,3-4,7-8,11-15H2. The lowest BCUT2D eigenvalue weighted by atomic mass is 9.94. The number of piperazine rings is 1. The molecule has 0 spiro atoms. The normalized spacial score (nSPS) is 21.2. The van der Waals surface area contributed by atoms with Crippen LogP contribution < -0.4 is 0 Å². The molecule has 6 heteroatoms. The second-order valence-electron chi connectivity index (χ2n) is 6.95. The molecule has 0 radical (unpaired) electrons. The smallest absolute Gasteiger partial charge is 0.170 e. The van der Waals surface area contributed by atoms with Gasteiger partial charge < -0.3 is 0 Å². The van der Waals surface area contributed by atoms with Crippen LogP contribution in [-0.2, 0) is 6.54 Å². The fourth-order valence-corrected chi connectivity index (χ4v) is 4.01. The molecule has 6 nitrogen and oxygen atoms in total. The van der Waals surface area contributed by atoms with Crippen molar-refractivity contribution in [3.05, 3.63) is 36.2 Å². The van der Waals surface area contributed by atoms with E-state index in [1.807, 2.05) is 35.0 Å². The molecule has 0 unspecified atom stereocenters. The number of nitrogens with zero attached hydrogens (tertiary/aromatic N) is 6. The second-order valence-corrected chi connectivity index (χ2v) is 6.95. The van der Waals surface area contributed by atoms with E-state index in [1.54, 1.807) is 0 Å². The van der Waals surface area contributed by atoms with Gasteiger partial charge in [-0.3, -0.25) is 9.80 Å². The van der Waals surface area contributed by atoms with E-state index in [0.717, 1.165) is 37.2 Å². The van der Waals surface area contributed by atoms with Gasteiger partial charge in [-0.05, 0) is 35.4 Å². The molecule has 1 saturated heterocycles. The zero-order chi connectivity index (χ0) is 16.2. The summed E-state index contributed by atoms with van der Waals surface area (Å²) in [6.45, 7) is 5.39. The van der Waals surface area contributed by atoms with Gasteiger partial charge >= 0.3 is 0 Å². The minimum atomic E-state index is 0.820. The number of rotatable bonds is 4. The number of tetrazole rings is 1. The minimum Gasteiger partial charge on any atom is -0.298 e. The fraction of sp³-hybridized carbons (Fsp3) is 0.611. The molecule has 2 aliphatic rings. The number of para-hydroxylation sites is 1. The first-order chi connectivity index (χ1) is 11.9. The fourth-order valence-electron chi connectivity index (χ4n) is 4.01. The van der Waals surface area contributed by atoms with E-state index < -0.39 is 0 Å². The molecular weight excluding hydrogens is 300 g/mol. The van der Waals surface area contributed by atoms with Gasteiger partial charge in [-0.25, -0.2) is 0 Å². The van der Waals surface area contributed by atoms with Crippen LogP contribution in [0.4, 0.5) is 0 Å². The highest BCUT2D eigenvalue weighted by Crippen LogP contribution is 2.23. The van der Waals surface area contributed by atoms with Crippen molar-refractivity contribution in [2.75, 3.05) is 26.2 Å². The molecule has 0 bridgehead atoms. The summed E-state index contributed by atoms with van der Waals surface area (Å²) in [6.07, 6.45) is 7.05. The molecule has 4 rings (SSSR count). The zero-order valence-corrected chi connectivity index (χ0v) is 14.2. The first kappa shape index (κ1) is 15.7. The molecule has 128 valence electrons. The molecule has 1 aromatic carbocycles. The van der Waals surface area contributed by atoms with Crippen LogP contribution in [0.3, 0.4) is 0 Å². The summed E-state index contributed by atoms with van der Waals surface area (Å²) in [4.78, 5) is 5.18. The predicted octanol–water partition coefficient (Wildman–Crippen LogP) is 2.11. The van der Waals surface area contributed by atoms with Crippen molar-refractivity contribution < 1.29 is 0 Å². The highest BCUT2D eigenvalue weighted by molar-refractivity contribution is 5.30. The topological polar surface area (TPSA) is 50.1 Å². The van der Waals surface area contributed by atoms with Crippen LogP contribution in [0.1, 0.15) is 37.9 Å². The number of benzene rings is 1. The van der Waals surface area contributed by atoms with Crippen LogP contribution in [0.25, 0.3) is 5.69 Å². The quantitative estimate of drug-likeness (QED) is 0.861. The lowest BCUT2D eigenvalue weighted by Gasteiger charge is -2.40. The molecule has 0 amide bonds. The second kappa shape index (κ2) is 7.40. The summed E-state index contributed by atoms with van der Waals surface area (Å²) in [7, 11) is 0. The van der Waals surface area contributed by atoms with Crippen LogP contribution in [0.15, 0.2) is 30.3 Å². The van der Waals surface area contributed by atoms with E-state index in [0.29, 0.717) is 0 Å². The van der Waals surface area contributed by atoms with Crippen molar-refractivity contribution in [2.45, 2.75) is 44.7 Å². The Labute approximate surface area is 143 Å². The third-order valence-electron chi connectivity index (χ3n) is 5.40. The summed E-state index contributed by atoms with van der Waals surface area (Å²) in [6, 6.07) is 11.0. The van der Waals surface area contributed by atoms with Gasteiger partial charge in [-0.2, -0.15) is 4.68 Å². The Balaban J connectivity index is 1.35. The summed E-state index contributed by atoms with van der Waals surface area (Å²) in [5, 5.41) is 12.3. The van der Waals surface area contributed by atoms with E-state index in [9.17, 15) is 0 Å². The molecule has 0 N–H and O–H groups in total. The molecule has 1 saturated carbocycles. The van der Waals surface area contributed by atoms with Gasteiger partial charge in [-0.1, -0.05) is 37.5 Å². The van der Waals surface area contributed by atoms with Gasteiger partial charge in [-0.15, -0.1) is 5.10 Å². The number of hydrogen-bond acceptors (Lipinski definition) is 5. The van der Waals surface area contributed by atoms with E-state index in [2.05, 4.69) is 25.3 Å². The molecule has 2 aromatic rings. The maximum Gasteiger partial charge on any atom is 0.170 e. The van der Waals surface area contributed by atoms with Crippen LogP contribution in [0, 0.1) is 0 Å². The lowest BCUT2D eigenvalue weighted by molar-refractivity contribution is 0.0739. The Hall–Kier alpha value is -1.79. The SMILES string of the molecule is c1ccc(-n2nnnc2CN2CCN(C3CCCCC3)CC2)cc1. The monoisotopic (exact) mass is 326 g/mol. The molecule has 2 heterocycles. The van der Waals surface area contributed by atoms with Crippen molar-refractivity contribution in [2.24, 2.45) is 0 Å². The van der Waals surface area contributed by atoms with Crippen molar-refractivity contribution in [1.29, 1.82) is 0 Å². The van der Waals surface area contributed by atoms with Crippen LogP contribution >= 0.6 is 0 Å². The van der Waals surface area contributed by atoms with Gasteiger partial charge in [0, 0.05) is 32.2 Å². The predicted molar refractivity (Wildman–Crippen MR) is 92.9 cm³/mol. The van der Waals surface area contributed by atoms with Crippen LogP contribution in [0.5, 0.6) is 0 Å². The minimum absolute atomic E-state index is 0.820. The average Bonchev–Trinajstić information content (AvgIpc) is 3.12. The van der Waals surface area contributed by atoms with Crippen LogP contribution in [0.2, 0.25) is 0 Å². The van der Waals surface area contributed by atoms with E-state index in [-0.39, 0.29) is 0 Å². The van der Waals surface area contributed by atoms with Gasteiger partial charge in [0.05, 0.1) is 12.2 Å². The summed E-state index contributed by atoms with van der Waals surface area (Å²) >= 11 is 0. The summed E-state index contributed by atoms with van der Waals surface area (Å²) in [5.41, 5.74) is 1.03. The van der Waals surface area contributed by atoms with Crippen molar-refractivity contribution >= 4 is 0 Å². The van der Waals surface area contributed by atoms with Gasteiger partial charge in [0.2, 0.25) is 0 Å². The van der Waals surface area contributed by atoms with Gasteiger partial charge in [0.15, 0.2) is 5.82 Å². The first-order valence-corrected chi connectivity index (χ1v) is 9.19. The summed E-state index contributed by atoms with van der Waals surface area (Å²) in [5.74, 6) is 0.923. The molecule has 24 heavy (non-hydrogen) atoms. The lowest BCUT2D eigenvalue weighted by Crippen LogP contribution is -2.50. The van der Waals surface area contributed by atoms with Crippen molar-refractivity contribution in [1.82, 2.24) is 30.0 Å². The number of aromatic nitrogens is 4. The molecule has 1 aliphatic carbocycles. The maximum atomic E-state index is 4.24. The molecule has 1 aliphatic heterocycles. The van der Waals surface area contributed by atoms with E-state index in [1.165, 1.54) is 45.2 Å². The molecule has 2 fully saturated rings. The van der Waals surface area contributed by atoms with Crippen LogP contribution in [-0.4, -0.2) is 62.2 Å². The third kappa shape index (κ3) is 3.49. The maximum absolute atomic E-state index is 4.24. The largest absolute Gasteiger partial charge is 0.298 e. The molecular formula is C18H26N6. The molecule has 0 atom stereocenters. The van der Waals surface area contributed by atoms with Crippen molar-refractivity contribution in [3.63, 3.8) is 0 Å². The van der Waals surface area contributed by atoms with E-state index >= 15 is 0 Å².